The fourth-order valence-corrected chi connectivity index (χ4v) is 4.28. The van der Waals surface area contributed by atoms with E-state index in [0.29, 0.717) is 40.6 Å². The Morgan fingerprint density at radius 2 is 1.45 bits per heavy atom. The molecule has 1 N–H and O–H groups in total. The van der Waals surface area contributed by atoms with E-state index in [-0.39, 0.29) is 17.7 Å². The van der Waals surface area contributed by atoms with Crippen molar-refractivity contribution < 1.29 is 19.1 Å². The highest BCUT2D eigenvalue weighted by Gasteiger charge is 2.34. The van der Waals surface area contributed by atoms with Crippen molar-refractivity contribution in [1.82, 2.24) is 4.90 Å². The number of benzene rings is 2. The third-order valence-corrected chi connectivity index (χ3v) is 6.14. The van der Waals surface area contributed by atoms with Gasteiger partial charge < -0.3 is 10.1 Å². The number of ether oxygens (including phenoxy) is 1. The summed E-state index contributed by atoms with van der Waals surface area (Å²) < 4.78 is 5.11. The number of unbranched alkanes of at least 4 members (excludes halogenated alkanes) is 7. The number of imide groups is 1. The fourth-order valence-electron chi connectivity index (χ4n) is 4.03. The normalized spacial score (nSPS) is 12.7. The number of rotatable bonds is 13. The molecular formula is C26H31ClN2O4. The number of hydrogen-bond donors (Lipinski definition) is 1. The van der Waals surface area contributed by atoms with E-state index < -0.39 is 0 Å². The number of carbonyl (C=O) groups excluding carboxylic acids is 3. The molecule has 0 radical (unpaired) electrons. The average Bonchev–Trinajstić information content (AvgIpc) is 3.05. The molecule has 7 heteroatoms. The van der Waals surface area contributed by atoms with Crippen LogP contribution in [0.1, 0.15) is 78.5 Å². The Kier molecular flexibility index (Phi) is 9.31. The van der Waals surface area contributed by atoms with Gasteiger partial charge in [-0.3, -0.25) is 19.3 Å². The van der Waals surface area contributed by atoms with E-state index in [9.17, 15) is 14.4 Å². The highest BCUT2D eigenvalue weighted by molar-refractivity contribution is 6.32. The third kappa shape index (κ3) is 6.81. The second-order valence-corrected chi connectivity index (χ2v) is 8.69. The molecule has 176 valence electrons. The minimum Gasteiger partial charge on any atom is -0.495 e. The van der Waals surface area contributed by atoms with E-state index in [4.69, 9.17) is 16.3 Å². The number of fused-ring (bicyclic) bond motifs is 1. The number of amides is 3. The summed E-state index contributed by atoms with van der Waals surface area (Å²) in [5.74, 6) is 0.229. The Morgan fingerprint density at radius 3 is 2.03 bits per heavy atom. The molecular weight excluding hydrogens is 440 g/mol. The predicted octanol–water partition coefficient (Wildman–Crippen LogP) is 6.09. The van der Waals surface area contributed by atoms with Crippen LogP contribution in [0.2, 0.25) is 5.02 Å². The molecule has 6 nitrogen and oxygen atoms in total. The van der Waals surface area contributed by atoms with Crippen LogP contribution in [0.4, 0.5) is 5.69 Å². The standard InChI is InChI=1S/C26H31ClN2O4/c1-33-23-16-15-19(18-22(23)27)28-24(30)14-8-6-4-2-3-5-7-11-17-29-25(31)20-12-9-10-13-21(20)26(29)32/h9-10,12-13,15-16,18H,2-8,11,14,17H2,1H3,(H,28,30). The molecule has 1 aliphatic rings. The van der Waals surface area contributed by atoms with Crippen molar-refractivity contribution in [3.05, 3.63) is 58.6 Å². The van der Waals surface area contributed by atoms with Crippen molar-refractivity contribution >= 4 is 35.0 Å². The second kappa shape index (κ2) is 12.4. The lowest BCUT2D eigenvalue weighted by Gasteiger charge is -2.13. The molecule has 0 saturated heterocycles. The largest absolute Gasteiger partial charge is 0.495 e. The van der Waals surface area contributed by atoms with Gasteiger partial charge in [0.1, 0.15) is 5.75 Å². The summed E-state index contributed by atoms with van der Waals surface area (Å²) in [5.41, 5.74) is 1.71. The lowest BCUT2D eigenvalue weighted by Crippen LogP contribution is -2.30. The number of halogens is 1. The molecule has 0 spiro atoms. The minimum absolute atomic E-state index is 0.00982. The van der Waals surface area contributed by atoms with Gasteiger partial charge in [-0.05, 0) is 43.2 Å². The Labute approximate surface area is 200 Å². The highest BCUT2D eigenvalue weighted by Crippen LogP contribution is 2.27. The van der Waals surface area contributed by atoms with Gasteiger partial charge in [-0.25, -0.2) is 0 Å². The number of anilines is 1. The lowest BCUT2D eigenvalue weighted by molar-refractivity contribution is -0.116. The second-order valence-electron chi connectivity index (χ2n) is 8.28. The van der Waals surface area contributed by atoms with Gasteiger partial charge in [-0.2, -0.15) is 0 Å². The number of nitrogens with zero attached hydrogens (tertiary/aromatic N) is 1. The molecule has 0 aliphatic carbocycles. The van der Waals surface area contributed by atoms with Crippen LogP contribution in [-0.2, 0) is 4.79 Å². The molecule has 0 atom stereocenters. The van der Waals surface area contributed by atoms with Gasteiger partial charge in [0.05, 0.1) is 23.3 Å². The van der Waals surface area contributed by atoms with Gasteiger partial charge in [-0.15, -0.1) is 0 Å². The van der Waals surface area contributed by atoms with Crippen LogP contribution < -0.4 is 10.1 Å². The van der Waals surface area contributed by atoms with Crippen LogP contribution >= 0.6 is 11.6 Å². The minimum atomic E-state index is -0.172. The Hall–Kier alpha value is -2.86. The highest BCUT2D eigenvalue weighted by atomic mass is 35.5. The summed E-state index contributed by atoms with van der Waals surface area (Å²) in [5, 5.41) is 3.33. The zero-order valence-electron chi connectivity index (χ0n) is 19.1. The van der Waals surface area contributed by atoms with Gasteiger partial charge in [0.2, 0.25) is 5.91 Å². The van der Waals surface area contributed by atoms with Crippen molar-refractivity contribution in [1.29, 1.82) is 0 Å². The fraction of sp³-hybridized carbons (Fsp3) is 0.423. The van der Waals surface area contributed by atoms with Crippen LogP contribution in [0.5, 0.6) is 5.75 Å². The summed E-state index contributed by atoms with van der Waals surface area (Å²) in [4.78, 5) is 38.1. The van der Waals surface area contributed by atoms with E-state index >= 15 is 0 Å². The first kappa shape index (κ1) is 24.8. The van der Waals surface area contributed by atoms with Crippen molar-refractivity contribution in [3.63, 3.8) is 0 Å². The Morgan fingerprint density at radius 1 is 0.879 bits per heavy atom. The maximum Gasteiger partial charge on any atom is 0.261 e. The molecule has 33 heavy (non-hydrogen) atoms. The maximum atomic E-state index is 12.3. The van der Waals surface area contributed by atoms with Crippen molar-refractivity contribution in [2.24, 2.45) is 0 Å². The molecule has 0 aromatic heterocycles. The molecule has 0 bridgehead atoms. The molecule has 2 aromatic carbocycles. The Bertz CT molecular complexity index is 957. The third-order valence-electron chi connectivity index (χ3n) is 5.85. The first-order valence-electron chi connectivity index (χ1n) is 11.6. The van der Waals surface area contributed by atoms with E-state index in [1.54, 1.807) is 49.6 Å². The zero-order chi connectivity index (χ0) is 23.6. The van der Waals surface area contributed by atoms with Gasteiger partial charge in [0, 0.05) is 18.7 Å². The number of nitrogens with one attached hydrogen (secondary N) is 1. The van der Waals surface area contributed by atoms with E-state index in [0.717, 1.165) is 51.4 Å². The summed E-state index contributed by atoms with van der Waals surface area (Å²) in [6.45, 7) is 0.487. The topological polar surface area (TPSA) is 75.7 Å². The quantitative estimate of drug-likeness (QED) is 0.283. The number of carbonyl (C=O) groups is 3. The van der Waals surface area contributed by atoms with Crippen LogP contribution in [-0.4, -0.2) is 36.3 Å². The smallest absolute Gasteiger partial charge is 0.261 e. The van der Waals surface area contributed by atoms with Crippen molar-refractivity contribution in [2.45, 2.75) is 57.8 Å². The number of methoxy groups -OCH3 is 1. The van der Waals surface area contributed by atoms with Crippen LogP contribution in [0, 0.1) is 0 Å². The van der Waals surface area contributed by atoms with Crippen molar-refractivity contribution in [2.75, 3.05) is 19.0 Å². The van der Waals surface area contributed by atoms with Crippen molar-refractivity contribution in [3.8, 4) is 5.75 Å². The molecule has 2 aromatic rings. The van der Waals surface area contributed by atoms with E-state index in [1.807, 2.05) is 0 Å². The van der Waals surface area contributed by atoms with Gasteiger partial charge in [0.25, 0.3) is 11.8 Å². The monoisotopic (exact) mass is 470 g/mol. The first-order chi connectivity index (χ1) is 16.0. The molecule has 0 saturated carbocycles. The summed E-state index contributed by atoms with van der Waals surface area (Å²) in [6.07, 6.45) is 8.63. The maximum absolute atomic E-state index is 12.3. The molecule has 0 unspecified atom stereocenters. The lowest BCUT2D eigenvalue weighted by atomic mass is 10.1. The molecule has 3 amide bonds. The molecule has 0 fully saturated rings. The summed E-state index contributed by atoms with van der Waals surface area (Å²) in [6, 6.07) is 12.2. The average molecular weight is 471 g/mol. The molecule has 1 aliphatic heterocycles. The predicted molar refractivity (Wildman–Crippen MR) is 130 cm³/mol. The van der Waals surface area contributed by atoms with E-state index in [1.165, 1.54) is 4.90 Å². The van der Waals surface area contributed by atoms with Crippen LogP contribution in [0.3, 0.4) is 0 Å². The van der Waals surface area contributed by atoms with Gasteiger partial charge >= 0.3 is 0 Å². The summed E-state index contributed by atoms with van der Waals surface area (Å²) in [7, 11) is 1.55. The van der Waals surface area contributed by atoms with E-state index in [2.05, 4.69) is 5.32 Å². The summed E-state index contributed by atoms with van der Waals surface area (Å²) >= 11 is 6.08. The van der Waals surface area contributed by atoms with Gasteiger partial charge in [-0.1, -0.05) is 62.3 Å². The number of hydrogen-bond acceptors (Lipinski definition) is 4. The zero-order valence-corrected chi connectivity index (χ0v) is 19.8. The van der Waals surface area contributed by atoms with Crippen LogP contribution in [0.15, 0.2) is 42.5 Å². The molecule has 1 heterocycles. The van der Waals surface area contributed by atoms with Gasteiger partial charge in [0.15, 0.2) is 0 Å². The SMILES string of the molecule is COc1ccc(NC(=O)CCCCCCCCCCN2C(=O)c3ccccc3C2=O)cc1Cl. The Balaban J connectivity index is 1.20. The molecule has 3 rings (SSSR count). The first-order valence-corrected chi connectivity index (χ1v) is 12.0. The van der Waals surface area contributed by atoms with Crippen LogP contribution in [0.25, 0.3) is 0 Å².